The van der Waals surface area contributed by atoms with E-state index in [9.17, 15) is 4.79 Å². The van der Waals surface area contributed by atoms with Crippen molar-refractivity contribution in [2.45, 2.75) is 37.8 Å². The SMILES string of the molecule is CNC(C)CNC(=O)C(SCc1ccccc1)C(C)C.Cl. The molecule has 0 aliphatic heterocycles. The maximum Gasteiger partial charge on any atom is 0.233 e. The average molecular weight is 331 g/mol. The molecule has 0 aliphatic carbocycles. The molecule has 2 N–H and O–H groups in total. The first-order valence-corrected chi connectivity index (χ1v) is 8.20. The van der Waals surface area contributed by atoms with Crippen molar-refractivity contribution in [1.82, 2.24) is 10.6 Å². The van der Waals surface area contributed by atoms with E-state index in [0.717, 1.165) is 5.75 Å². The predicted octanol–water partition coefficient (Wildman–Crippen LogP) is 3.09. The molecule has 0 aliphatic rings. The molecule has 21 heavy (non-hydrogen) atoms. The first kappa shape index (κ1) is 20.3. The summed E-state index contributed by atoms with van der Waals surface area (Å²) in [7, 11) is 1.90. The highest BCUT2D eigenvalue weighted by atomic mass is 35.5. The van der Waals surface area contributed by atoms with Crippen molar-refractivity contribution in [1.29, 1.82) is 0 Å². The van der Waals surface area contributed by atoms with E-state index in [0.29, 0.717) is 18.5 Å². The van der Waals surface area contributed by atoms with Gasteiger partial charge in [0.2, 0.25) is 5.91 Å². The van der Waals surface area contributed by atoms with Gasteiger partial charge in [-0.15, -0.1) is 24.2 Å². The third-order valence-electron chi connectivity index (χ3n) is 3.21. The lowest BCUT2D eigenvalue weighted by molar-refractivity contribution is -0.121. The summed E-state index contributed by atoms with van der Waals surface area (Å²) < 4.78 is 0. The number of thioether (sulfide) groups is 1. The Labute approximate surface area is 139 Å². The van der Waals surface area contributed by atoms with Crippen molar-refractivity contribution >= 4 is 30.1 Å². The van der Waals surface area contributed by atoms with E-state index in [4.69, 9.17) is 0 Å². The van der Waals surface area contributed by atoms with Crippen LogP contribution in [-0.4, -0.2) is 30.8 Å². The largest absolute Gasteiger partial charge is 0.354 e. The molecule has 1 aromatic carbocycles. The fourth-order valence-electron chi connectivity index (χ4n) is 1.79. The molecule has 3 nitrogen and oxygen atoms in total. The first-order chi connectivity index (χ1) is 9.54. The molecule has 0 bridgehead atoms. The smallest absolute Gasteiger partial charge is 0.233 e. The molecule has 0 radical (unpaired) electrons. The zero-order valence-corrected chi connectivity index (χ0v) is 14.9. The van der Waals surface area contributed by atoms with E-state index in [1.54, 1.807) is 11.8 Å². The van der Waals surface area contributed by atoms with Crippen LogP contribution in [0, 0.1) is 5.92 Å². The number of nitrogens with one attached hydrogen (secondary N) is 2. The van der Waals surface area contributed by atoms with E-state index < -0.39 is 0 Å². The summed E-state index contributed by atoms with van der Waals surface area (Å²) in [4.78, 5) is 12.3. The van der Waals surface area contributed by atoms with Gasteiger partial charge in [0.05, 0.1) is 5.25 Å². The second kappa shape index (κ2) is 10.9. The van der Waals surface area contributed by atoms with Crippen molar-refractivity contribution in [3.05, 3.63) is 35.9 Å². The molecule has 2 atom stereocenters. The van der Waals surface area contributed by atoms with Gasteiger partial charge in [-0.25, -0.2) is 0 Å². The molecular weight excluding hydrogens is 304 g/mol. The molecule has 5 heteroatoms. The van der Waals surface area contributed by atoms with E-state index >= 15 is 0 Å². The van der Waals surface area contributed by atoms with Crippen LogP contribution in [-0.2, 0) is 10.5 Å². The average Bonchev–Trinajstić information content (AvgIpc) is 2.45. The van der Waals surface area contributed by atoms with E-state index in [1.165, 1.54) is 5.56 Å². The molecule has 0 saturated heterocycles. The summed E-state index contributed by atoms with van der Waals surface area (Å²) in [5, 5.41) is 6.15. The van der Waals surface area contributed by atoms with Crippen molar-refractivity contribution in [3.8, 4) is 0 Å². The lowest BCUT2D eigenvalue weighted by Crippen LogP contribution is -2.42. The van der Waals surface area contributed by atoms with Crippen molar-refractivity contribution in [3.63, 3.8) is 0 Å². The highest BCUT2D eigenvalue weighted by molar-refractivity contribution is 7.99. The number of likely N-dealkylation sites (N-methyl/N-ethyl adjacent to an activating group) is 1. The van der Waals surface area contributed by atoms with Crippen molar-refractivity contribution in [2.75, 3.05) is 13.6 Å². The van der Waals surface area contributed by atoms with Gasteiger partial charge in [-0.1, -0.05) is 44.2 Å². The first-order valence-electron chi connectivity index (χ1n) is 7.15. The van der Waals surface area contributed by atoms with Gasteiger partial charge in [0.25, 0.3) is 0 Å². The Bertz CT molecular complexity index is 401. The standard InChI is InChI=1S/C16H26N2OS.ClH/c1-12(2)15(16(19)18-10-13(3)17-4)20-11-14-8-6-5-7-9-14;/h5-9,12-13,15,17H,10-11H2,1-4H3,(H,18,19);1H. The molecule has 0 saturated carbocycles. The summed E-state index contributed by atoms with van der Waals surface area (Å²) in [6.07, 6.45) is 0. The molecule has 1 amide bonds. The van der Waals surface area contributed by atoms with Gasteiger partial charge < -0.3 is 10.6 Å². The maximum absolute atomic E-state index is 12.3. The minimum absolute atomic E-state index is 0. The van der Waals surface area contributed by atoms with Crippen molar-refractivity contribution in [2.24, 2.45) is 5.92 Å². The van der Waals surface area contributed by atoms with Crippen LogP contribution >= 0.6 is 24.2 Å². The van der Waals surface area contributed by atoms with E-state index in [1.807, 2.05) is 25.2 Å². The molecule has 0 heterocycles. The van der Waals surface area contributed by atoms with Crippen LogP contribution in [0.5, 0.6) is 0 Å². The van der Waals surface area contributed by atoms with Gasteiger partial charge in [-0.05, 0) is 25.5 Å². The molecule has 1 rings (SSSR count). The van der Waals surface area contributed by atoms with E-state index in [2.05, 4.69) is 43.5 Å². The summed E-state index contributed by atoms with van der Waals surface area (Å²) >= 11 is 1.72. The number of halogens is 1. The van der Waals surface area contributed by atoms with E-state index in [-0.39, 0.29) is 23.6 Å². The number of amides is 1. The molecule has 0 aromatic heterocycles. The monoisotopic (exact) mass is 330 g/mol. The fourth-order valence-corrected chi connectivity index (χ4v) is 2.97. The van der Waals surface area contributed by atoms with Crippen LogP contribution < -0.4 is 10.6 Å². The molecule has 0 spiro atoms. The summed E-state index contributed by atoms with van der Waals surface area (Å²) in [5.41, 5.74) is 1.26. The highest BCUT2D eigenvalue weighted by Crippen LogP contribution is 2.23. The number of rotatable bonds is 8. The predicted molar refractivity (Wildman–Crippen MR) is 95.1 cm³/mol. The Kier molecular flexibility index (Phi) is 10.6. The Hall–Kier alpha value is -0.710. The van der Waals surface area contributed by atoms with Gasteiger partial charge in [-0.2, -0.15) is 0 Å². The Morgan fingerprint density at radius 2 is 1.81 bits per heavy atom. The zero-order valence-electron chi connectivity index (χ0n) is 13.3. The molecule has 120 valence electrons. The quantitative estimate of drug-likeness (QED) is 0.769. The second-order valence-corrected chi connectivity index (χ2v) is 6.53. The highest BCUT2D eigenvalue weighted by Gasteiger charge is 2.22. The van der Waals surface area contributed by atoms with Gasteiger partial charge in [0.15, 0.2) is 0 Å². The Morgan fingerprint density at radius 1 is 1.19 bits per heavy atom. The molecule has 1 aromatic rings. The summed E-state index contributed by atoms with van der Waals surface area (Å²) in [5.74, 6) is 1.34. The Balaban J connectivity index is 0.00000400. The minimum Gasteiger partial charge on any atom is -0.354 e. The van der Waals surface area contributed by atoms with Crippen LogP contribution in [0.2, 0.25) is 0 Å². The summed E-state index contributed by atoms with van der Waals surface area (Å²) in [6, 6.07) is 10.6. The van der Waals surface area contributed by atoms with Crippen LogP contribution in [0.4, 0.5) is 0 Å². The van der Waals surface area contributed by atoms with Gasteiger partial charge in [-0.3, -0.25) is 4.79 Å². The van der Waals surface area contributed by atoms with Crippen LogP contribution in [0.3, 0.4) is 0 Å². The second-order valence-electron chi connectivity index (χ2n) is 5.40. The fraction of sp³-hybridized carbons (Fsp3) is 0.562. The lowest BCUT2D eigenvalue weighted by Gasteiger charge is -2.21. The number of benzene rings is 1. The van der Waals surface area contributed by atoms with Crippen LogP contribution in [0.15, 0.2) is 30.3 Å². The summed E-state index contributed by atoms with van der Waals surface area (Å²) in [6.45, 7) is 6.93. The molecule has 0 fully saturated rings. The minimum atomic E-state index is -0.000683. The maximum atomic E-state index is 12.3. The Morgan fingerprint density at radius 3 is 2.33 bits per heavy atom. The number of carbonyl (C=O) groups excluding carboxylic acids is 1. The molecule has 2 unspecified atom stereocenters. The van der Waals surface area contributed by atoms with Crippen LogP contribution in [0.1, 0.15) is 26.3 Å². The lowest BCUT2D eigenvalue weighted by atomic mass is 10.1. The number of hydrogen-bond donors (Lipinski definition) is 2. The number of hydrogen-bond acceptors (Lipinski definition) is 3. The molecular formula is C16H27ClN2OS. The van der Waals surface area contributed by atoms with Gasteiger partial charge in [0, 0.05) is 18.3 Å². The van der Waals surface area contributed by atoms with Crippen LogP contribution in [0.25, 0.3) is 0 Å². The zero-order chi connectivity index (χ0) is 15.0. The normalized spacial score (nSPS) is 13.4. The van der Waals surface area contributed by atoms with Crippen molar-refractivity contribution < 1.29 is 4.79 Å². The van der Waals surface area contributed by atoms with Gasteiger partial charge >= 0.3 is 0 Å². The number of carbonyl (C=O) groups is 1. The topological polar surface area (TPSA) is 41.1 Å². The third-order valence-corrected chi connectivity index (χ3v) is 4.83. The third kappa shape index (κ3) is 7.74. The van der Waals surface area contributed by atoms with Gasteiger partial charge in [0.1, 0.15) is 0 Å².